The minimum absolute atomic E-state index is 0.983. The molecule has 0 aliphatic carbocycles. The van der Waals surface area contributed by atoms with Crippen LogP contribution in [0, 0.1) is 0 Å². The highest BCUT2D eigenvalue weighted by molar-refractivity contribution is 7.15. The fourth-order valence-electron chi connectivity index (χ4n) is 2.09. The smallest absolute Gasteiger partial charge is 0.0936 e. The molecule has 0 aliphatic heterocycles. The van der Waals surface area contributed by atoms with Gasteiger partial charge < -0.3 is 0 Å². The van der Waals surface area contributed by atoms with E-state index in [0.29, 0.717) is 0 Å². The lowest BCUT2D eigenvalue weighted by atomic mass is 10.1. The Kier molecular flexibility index (Phi) is 3.43. The van der Waals surface area contributed by atoms with Gasteiger partial charge in [0.05, 0.1) is 15.6 Å². The largest absolute Gasteiger partial charge is 0.241 e. The van der Waals surface area contributed by atoms with E-state index in [9.17, 15) is 0 Å². The van der Waals surface area contributed by atoms with Gasteiger partial charge in [-0.1, -0.05) is 67.6 Å². The lowest BCUT2D eigenvalue weighted by Crippen LogP contribution is -1.82. The first-order valence-corrected chi connectivity index (χ1v) is 7.30. The van der Waals surface area contributed by atoms with Gasteiger partial charge in [-0.05, 0) is 12.0 Å². The van der Waals surface area contributed by atoms with Crippen molar-refractivity contribution in [3.63, 3.8) is 0 Å². The molecule has 3 rings (SSSR count). The van der Waals surface area contributed by atoms with Crippen LogP contribution in [0.4, 0.5) is 0 Å². The van der Waals surface area contributed by atoms with Gasteiger partial charge in [-0.15, -0.1) is 11.3 Å². The van der Waals surface area contributed by atoms with Crippen molar-refractivity contribution in [2.45, 2.75) is 13.3 Å². The Labute approximate surface area is 117 Å². The van der Waals surface area contributed by atoms with Gasteiger partial charge in [-0.3, -0.25) is 0 Å². The summed E-state index contributed by atoms with van der Waals surface area (Å²) in [4.78, 5) is 6.06. The molecule has 0 saturated carbocycles. The van der Waals surface area contributed by atoms with Gasteiger partial charge in [0.2, 0.25) is 0 Å². The molecule has 0 saturated heterocycles. The second kappa shape index (κ2) is 5.37. The van der Waals surface area contributed by atoms with E-state index < -0.39 is 0 Å². The molecular formula is C17H15NS. The van der Waals surface area contributed by atoms with Crippen LogP contribution in [0.2, 0.25) is 0 Å². The standard InChI is InChI=1S/C17H15NS/c1-2-15-18-16(13-9-5-3-6-10-13)17(19-15)14-11-7-4-8-12-14/h3-12H,2H2,1H3. The van der Waals surface area contributed by atoms with Crippen LogP contribution in [0.5, 0.6) is 0 Å². The molecular weight excluding hydrogens is 250 g/mol. The van der Waals surface area contributed by atoms with Crippen molar-refractivity contribution in [2.75, 3.05) is 0 Å². The summed E-state index contributed by atoms with van der Waals surface area (Å²) in [5.74, 6) is 0. The number of aromatic nitrogens is 1. The average Bonchev–Trinajstić information content (AvgIpc) is 2.93. The highest BCUT2D eigenvalue weighted by Crippen LogP contribution is 2.36. The zero-order valence-corrected chi connectivity index (χ0v) is 11.7. The number of hydrogen-bond acceptors (Lipinski definition) is 2. The fourth-order valence-corrected chi connectivity index (χ4v) is 3.12. The molecule has 3 aromatic rings. The summed E-state index contributed by atoms with van der Waals surface area (Å²) >= 11 is 1.80. The number of benzene rings is 2. The topological polar surface area (TPSA) is 12.9 Å². The normalized spacial score (nSPS) is 10.6. The maximum atomic E-state index is 4.79. The molecule has 0 fully saturated rings. The number of nitrogens with zero attached hydrogens (tertiary/aromatic N) is 1. The molecule has 0 unspecified atom stereocenters. The van der Waals surface area contributed by atoms with Crippen molar-refractivity contribution in [2.24, 2.45) is 0 Å². The molecule has 1 heterocycles. The van der Waals surface area contributed by atoms with E-state index in [2.05, 4.69) is 55.5 Å². The van der Waals surface area contributed by atoms with E-state index in [1.165, 1.54) is 21.0 Å². The second-order valence-electron chi connectivity index (χ2n) is 4.37. The van der Waals surface area contributed by atoms with Crippen molar-refractivity contribution < 1.29 is 0 Å². The Hall–Kier alpha value is -1.93. The third-order valence-electron chi connectivity index (χ3n) is 3.06. The van der Waals surface area contributed by atoms with E-state index in [4.69, 9.17) is 4.98 Å². The average molecular weight is 265 g/mol. The summed E-state index contributed by atoms with van der Waals surface area (Å²) < 4.78 is 0. The lowest BCUT2D eigenvalue weighted by Gasteiger charge is -2.02. The second-order valence-corrected chi connectivity index (χ2v) is 5.45. The molecule has 0 amide bonds. The lowest BCUT2D eigenvalue weighted by molar-refractivity contribution is 1.10. The van der Waals surface area contributed by atoms with Crippen LogP contribution in [0.15, 0.2) is 60.7 Å². The van der Waals surface area contributed by atoms with Crippen LogP contribution >= 0.6 is 11.3 Å². The van der Waals surface area contributed by atoms with E-state index in [0.717, 1.165) is 12.1 Å². The quantitative estimate of drug-likeness (QED) is 0.646. The molecule has 0 spiro atoms. The van der Waals surface area contributed by atoms with Gasteiger partial charge in [-0.2, -0.15) is 0 Å². The highest BCUT2D eigenvalue weighted by atomic mass is 32.1. The number of rotatable bonds is 3. The molecule has 1 aromatic heterocycles. The van der Waals surface area contributed by atoms with Crippen molar-refractivity contribution in [3.05, 3.63) is 65.7 Å². The Morgan fingerprint density at radius 1 is 0.842 bits per heavy atom. The van der Waals surface area contributed by atoms with Crippen LogP contribution < -0.4 is 0 Å². The fraction of sp³-hybridized carbons (Fsp3) is 0.118. The Balaban J connectivity index is 2.17. The molecule has 19 heavy (non-hydrogen) atoms. The summed E-state index contributed by atoms with van der Waals surface area (Å²) in [5, 5.41) is 1.19. The van der Waals surface area contributed by atoms with E-state index in [-0.39, 0.29) is 0 Å². The van der Waals surface area contributed by atoms with Gasteiger partial charge in [0, 0.05) is 5.56 Å². The molecule has 0 N–H and O–H groups in total. The van der Waals surface area contributed by atoms with Gasteiger partial charge in [0.1, 0.15) is 0 Å². The van der Waals surface area contributed by atoms with Gasteiger partial charge in [0.15, 0.2) is 0 Å². The molecule has 0 atom stereocenters. The van der Waals surface area contributed by atoms with Crippen molar-refractivity contribution in [1.29, 1.82) is 0 Å². The Morgan fingerprint density at radius 3 is 2.00 bits per heavy atom. The molecule has 94 valence electrons. The minimum Gasteiger partial charge on any atom is -0.241 e. The molecule has 1 nitrogen and oxygen atoms in total. The van der Waals surface area contributed by atoms with Crippen LogP contribution in [-0.4, -0.2) is 4.98 Å². The van der Waals surface area contributed by atoms with Gasteiger partial charge in [0.25, 0.3) is 0 Å². The van der Waals surface area contributed by atoms with Crippen molar-refractivity contribution in [1.82, 2.24) is 4.98 Å². The SMILES string of the molecule is CCc1nc(-c2ccccc2)c(-c2ccccc2)s1. The van der Waals surface area contributed by atoms with Crippen LogP contribution in [0.1, 0.15) is 11.9 Å². The highest BCUT2D eigenvalue weighted by Gasteiger charge is 2.13. The van der Waals surface area contributed by atoms with E-state index in [1.54, 1.807) is 11.3 Å². The Morgan fingerprint density at radius 2 is 1.42 bits per heavy atom. The number of hydrogen-bond donors (Lipinski definition) is 0. The third-order valence-corrected chi connectivity index (χ3v) is 4.31. The predicted octanol–water partition coefficient (Wildman–Crippen LogP) is 5.04. The van der Waals surface area contributed by atoms with E-state index in [1.807, 2.05) is 12.1 Å². The monoisotopic (exact) mass is 265 g/mol. The molecule has 0 bridgehead atoms. The Bertz CT molecular complexity index is 599. The minimum atomic E-state index is 0.983. The molecule has 0 aliphatic rings. The summed E-state index contributed by atoms with van der Waals surface area (Å²) in [6.45, 7) is 2.16. The zero-order valence-electron chi connectivity index (χ0n) is 10.8. The van der Waals surface area contributed by atoms with Crippen molar-refractivity contribution >= 4 is 11.3 Å². The molecule has 2 aromatic carbocycles. The zero-order chi connectivity index (χ0) is 13.1. The summed E-state index contributed by atoms with van der Waals surface area (Å²) in [5.41, 5.74) is 3.55. The van der Waals surface area contributed by atoms with Crippen LogP contribution in [0.25, 0.3) is 21.7 Å². The predicted molar refractivity (Wildman–Crippen MR) is 82.4 cm³/mol. The first kappa shape index (κ1) is 12.1. The number of thiazole rings is 1. The van der Waals surface area contributed by atoms with E-state index >= 15 is 0 Å². The number of aryl methyl sites for hydroxylation is 1. The van der Waals surface area contributed by atoms with Gasteiger partial charge in [-0.25, -0.2) is 4.98 Å². The maximum absolute atomic E-state index is 4.79. The maximum Gasteiger partial charge on any atom is 0.0936 e. The van der Waals surface area contributed by atoms with Gasteiger partial charge >= 0.3 is 0 Å². The summed E-state index contributed by atoms with van der Waals surface area (Å²) in [6, 6.07) is 20.9. The summed E-state index contributed by atoms with van der Waals surface area (Å²) in [7, 11) is 0. The third kappa shape index (κ3) is 2.45. The first-order chi connectivity index (χ1) is 9.38. The first-order valence-electron chi connectivity index (χ1n) is 6.49. The molecule has 0 radical (unpaired) electrons. The van der Waals surface area contributed by atoms with Crippen LogP contribution in [-0.2, 0) is 6.42 Å². The van der Waals surface area contributed by atoms with Crippen LogP contribution in [0.3, 0.4) is 0 Å². The molecule has 2 heteroatoms. The van der Waals surface area contributed by atoms with Crippen molar-refractivity contribution in [3.8, 4) is 21.7 Å². The summed E-state index contributed by atoms with van der Waals surface area (Å²) in [6.07, 6.45) is 0.983.